The molecule has 1 aliphatic rings. The first-order valence-corrected chi connectivity index (χ1v) is 10.8. The Kier molecular flexibility index (Phi) is 6.75. The summed E-state index contributed by atoms with van der Waals surface area (Å²) in [5, 5.41) is 3.03. The standard InChI is InChI=1S/C25H29FN4O2/c1-28(2)21-9-5-19(6-10-21)23(18-27-25(31)24-4-3-17-32-24)30-15-13-29(14-16-30)22-11-7-20(26)8-12-22/h3-12,17,23H,13-16,18H2,1-2H3,(H,27,31)/t23-/m0/s1. The Labute approximate surface area is 188 Å². The molecule has 0 spiro atoms. The van der Waals surface area contributed by atoms with E-state index in [-0.39, 0.29) is 17.8 Å². The van der Waals surface area contributed by atoms with Crippen LogP contribution in [0.4, 0.5) is 15.8 Å². The van der Waals surface area contributed by atoms with Gasteiger partial charge in [-0.3, -0.25) is 9.69 Å². The fourth-order valence-corrected chi connectivity index (χ4v) is 4.08. The van der Waals surface area contributed by atoms with Crippen LogP contribution < -0.4 is 15.1 Å². The van der Waals surface area contributed by atoms with Crippen LogP contribution in [0.5, 0.6) is 0 Å². The quantitative estimate of drug-likeness (QED) is 0.611. The summed E-state index contributed by atoms with van der Waals surface area (Å²) < 4.78 is 18.5. The molecule has 0 radical (unpaired) electrons. The summed E-state index contributed by atoms with van der Waals surface area (Å²) in [7, 11) is 4.04. The van der Waals surface area contributed by atoms with Gasteiger partial charge in [0.25, 0.3) is 5.91 Å². The molecule has 0 unspecified atom stereocenters. The van der Waals surface area contributed by atoms with E-state index < -0.39 is 0 Å². The molecule has 1 fully saturated rings. The lowest BCUT2D eigenvalue weighted by Gasteiger charge is -2.40. The summed E-state index contributed by atoms with van der Waals surface area (Å²) in [4.78, 5) is 19.2. The number of carbonyl (C=O) groups excluding carboxylic acids is 1. The lowest BCUT2D eigenvalue weighted by atomic mass is 10.0. The molecule has 32 heavy (non-hydrogen) atoms. The molecule has 7 heteroatoms. The molecule has 1 aliphatic heterocycles. The molecule has 0 aliphatic carbocycles. The van der Waals surface area contributed by atoms with Crippen molar-refractivity contribution in [3.63, 3.8) is 0 Å². The number of nitrogens with one attached hydrogen (secondary N) is 1. The Hall–Kier alpha value is -3.32. The number of hydrogen-bond donors (Lipinski definition) is 1. The molecule has 168 valence electrons. The van der Waals surface area contributed by atoms with Crippen LogP contribution in [0, 0.1) is 5.82 Å². The lowest BCUT2D eigenvalue weighted by molar-refractivity contribution is 0.0902. The zero-order valence-electron chi connectivity index (χ0n) is 18.5. The molecular formula is C25H29FN4O2. The Morgan fingerprint density at radius 3 is 2.31 bits per heavy atom. The minimum atomic E-state index is -0.221. The van der Waals surface area contributed by atoms with Crippen molar-refractivity contribution in [1.82, 2.24) is 10.2 Å². The van der Waals surface area contributed by atoms with E-state index >= 15 is 0 Å². The first-order chi connectivity index (χ1) is 15.5. The van der Waals surface area contributed by atoms with E-state index in [1.54, 1.807) is 12.1 Å². The number of rotatable bonds is 7. The molecule has 3 aromatic rings. The van der Waals surface area contributed by atoms with Gasteiger partial charge in [0.15, 0.2) is 5.76 Å². The Bertz CT molecular complexity index is 995. The maximum absolute atomic E-state index is 13.3. The maximum Gasteiger partial charge on any atom is 0.287 e. The van der Waals surface area contributed by atoms with Gasteiger partial charge in [0.2, 0.25) is 0 Å². The highest BCUT2D eigenvalue weighted by molar-refractivity contribution is 5.91. The van der Waals surface area contributed by atoms with E-state index in [9.17, 15) is 9.18 Å². The van der Waals surface area contributed by atoms with Crippen LogP contribution in [0.15, 0.2) is 71.3 Å². The van der Waals surface area contributed by atoms with Gasteiger partial charge >= 0.3 is 0 Å². The van der Waals surface area contributed by atoms with Gasteiger partial charge in [0, 0.05) is 58.2 Å². The van der Waals surface area contributed by atoms with Crippen molar-refractivity contribution in [1.29, 1.82) is 0 Å². The molecule has 1 saturated heterocycles. The van der Waals surface area contributed by atoms with Gasteiger partial charge in [-0.05, 0) is 54.1 Å². The average Bonchev–Trinajstić information content (AvgIpc) is 3.36. The van der Waals surface area contributed by atoms with Gasteiger partial charge in [-0.1, -0.05) is 12.1 Å². The van der Waals surface area contributed by atoms with E-state index in [0.29, 0.717) is 12.3 Å². The van der Waals surface area contributed by atoms with Gasteiger partial charge in [0.05, 0.1) is 12.3 Å². The van der Waals surface area contributed by atoms with E-state index in [1.165, 1.54) is 18.4 Å². The number of halogens is 1. The summed E-state index contributed by atoms with van der Waals surface area (Å²) in [5.41, 5.74) is 3.32. The van der Waals surface area contributed by atoms with Crippen molar-refractivity contribution in [2.24, 2.45) is 0 Å². The summed E-state index contributed by atoms with van der Waals surface area (Å²) in [6.45, 7) is 3.84. The fraction of sp³-hybridized carbons (Fsp3) is 0.320. The van der Waals surface area contributed by atoms with Crippen LogP contribution in [0.1, 0.15) is 22.2 Å². The average molecular weight is 437 g/mol. The molecule has 1 N–H and O–H groups in total. The second kappa shape index (κ2) is 9.87. The van der Waals surface area contributed by atoms with Gasteiger partial charge in [0.1, 0.15) is 5.82 Å². The molecular weight excluding hydrogens is 407 g/mol. The first kappa shape index (κ1) is 21.9. The summed E-state index contributed by atoms with van der Waals surface area (Å²) in [5.74, 6) is -0.122. The topological polar surface area (TPSA) is 52.0 Å². The van der Waals surface area contributed by atoms with Crippen molar-refractivity contribution in [2.45, 2.75) is 6.04 Å². The number of carbonyl (C=O) groups is 1. The second-order valence-electron chi connectivity index (χ2n) is 8.19. The Morgan fingerprint density at radius 2 is 1.72 bits per heavy atom. The van der Waals surface area contributed by atoms with Gasteiger partial charge in [-0.25, -0.2) is 4.39 Å². The van der Waals surface area contributed by atoms with Crippen LogP contribution in [0.3, 0.4) is 0 Å². The predicted molar refractivity (Wildman–Crippen MR) is 125 cm³/mol. The van der Waals surface area contributed by atoms with Crippen LogP contribution in [-0.2, 0) is 0 Å². The molecule has 1 atom stereocenters. The monoisotopic (exact) mass is 436 g/mol. The molecule has 2 heterocycles. The van der Waals surface area contributed by atoms with Crippen LogP contribution in [-0.4, -0.2) is 57.6 Å². The van der Waals surface area contributed by atoms with Crippen molar-refractivity contribution >= 4 is 17.3 Å². The van der Waals surface area contributed by atoms with E-state index in [0.717, 1.165) is 43.1 Å². The van der Waals surface area contributed by atoms with Crippen molar-refractivity contribution in [3.8, 4) is 0 Å². The SMILES string of the molecule is CN(C)c1ccc([C@H](CNC(=O)c2ccco2)N2CCN(c3ccc(F)cc3)CC2)cc1. The Morgan fingerprint density at radius 1 is 1.03 bits per heavy atom. The smallest absolute Gasteiger partial charge is 0.287 e. The second-order valence-corrected chi connectivity index (χ2v) is 8.19. The zero-order chi connectivity index (χ0) is 22.5. The summed E-state index contributed by atoms with van der Waals surface area (Å²) >= 11 is 0. The number of piperazine rings is 1. The van der Waals surface area contributed by atoms with Crippen LogP contribution in [0.25, 0.3) is 0 Å². The number of furan rings is 1. The van der Waals surface area contributed by atoms with Gasteiger partial charge < -0.3 is 19.5 Å². The maximum atomic E-state index is 13.3. The van der Waals surface area contributed by atoms with Crippen LogP contribution in [0.2, 0.25) is 0 Å². The molecule has 0 bridgehead atoms. The van der Waals surface area contributed by atoms with Crippen LogP contribution >= 0.6 is 0 Å². The van der Waals surface area contributed by atoms with E-state index in [1.807, 2.05) is 26.2 Å². The molecule has 4 rings (SSSR count). The van der Waals surface area contributed by atoms with E-state index in [4.69, 9.17) is 4.42 Å². The lowest BCUT2D eigenvalue weighted by Crippen LogP contribution is -2.50. The number of nitrogens with zero attached hydrogens (tertiary/aromatic N) is 3. The Balaban J connectivity index is 1.47. The molecule has 6 nitrogen and oxygen atoms in total. The highest BCUT2D eigenvalue weighted by atomic mass is 19.1. The minimum absolute atomic E-state index is 0.0421. The third kappa shape index (κ3) is 5.11. The van der Waals surface area contributed by atoms with Gasteiger partial charge in [-0.15, -0.1) is 0 Å². The zero-order valence-corrected chi connectivity index (χ0v) is 18.5. The van der Waals surface area contributed by atoms with Crippen molar-refractivity contribution in [2.75, 3.05) is 56.6 Å². The number of anilines is 2. The molecule has 2 aromatic carbocycles. The van der Waals surface area contributed by atoms with Crippen molar-refractivity contribution in [3.05, 3.63) is 84.1 Å². The highest BCUT2D eigenvalue weighted by Crippen LogP contribution is 2.26. The largest absolute Gasteiger partial charge is 0.459 e. The third-order valence-electron chi connectivity index (χ3n) is 5.94. The minimum Gasteiger partial charge on any atom is -0.459 e. The number of hydrogen-bond acceptors (Lipinski definition) is 5. The third-order valence-corrected chi connectivity index (χ3v) is 5.94. The number of amides is 1. The number of benzene rings is 2. The van der Waals surface area contributed by atoms with Crippen molar-refractivity contribution < 1.29 is 13.6 Å². The van der Waals surface area contributed by atoms with E-state index in [2.05, 4.69) is 44.3 Å². The highest BCUT2D eigenvalue weighted by Gasteiger charge is 2.26. The fourth-order valence-electron chi connectivity index (χ4n) is 4.08. The molecule has 1 amide bonds. The normalized spacial score (nSPS) is 15.4. The predicted octanol–water partition coefficient (Wildman–Crippen LogP) is 3.78. The first-order valence-electron chi connectivity index (χ1n) is 10.8. The van der Waals surface area contributed by atoms with Gasteiger partial charge in [-0.2, -0.15) is 0 Å². The molecule has 0 saturated carbocycles. The summed E-state index contributed by atoms with van der Waals surface area (Å²) in [6.07, 6.45) is 1.50. The molecule has 1 aromatic heterocycles. The summed E-state index contributed by atoms with van der Waals surface area (Å²) in [6, 6.07) is 18.5.